The Morgan fingerprint density at radius 3 is 2.42 bits per heavy atom. The number of hydrogen-bond acceptors (Lipinski definition) is 7. The van der Waals surface area contributed by atoms with Gasteiger partial charge in [-0.2, -0.15) is 4.31 Å². The van der Waals surface area contributed by atoms with Gasteiger partial charge in [-0.1, -0.05) is 6.07 Å². The molecule has 0 aliphatic carbocycles. The Morgan fingerprint density at radius 2 is 1.76 bits per heavy atom. The Kier molecular flexibility index (Phi) is 6.35. The van der Waals surface area contributed by atoms with Gasteiger partial charge in [0.15, 0.2) is 0 Å². The van der Waals surface area contributed by atoms with Crippen LogP contribution in [0.2, 0.25) is 0 Å². The van der Waals surface area contributed by atoms with E-state index in [0.717, 1.165) is 24.5 Å². The highest BCUT2D eigenvalue weighted by Crippen LogP contribution is 2.38. The minimum atomic E-state index is -3.56. The number of piperazine rings is 1. The summed E-state index contributed by atoms with van der Waals surface area (Å²) >= 11 is 0. The number of aromatic nitrogens is 1. The monoisotopic (exact) mass is 472 g/mol. The van der Waals surface area contributed by atoms with Crippen LogP contribution in [0.3, 0.4) is 0 Å². The summed E-state index contributed by atoms with van der Waals surface area (Å²) in [7, 11) is 0.194. The Morgan fingerprint density at radius 1 is 1.06 bits per heavy atom. The maximum absolute atomic E-state index is 13.1. The molecule has 0 spiro atoms. The largest absolute Gasteiger partial charge is 0.355 e. The minimum absolute atomic E-state index is 0.0283. The van der Waals surface area contributed by atoms with Crippen LogP contribution in [0.4, 0.5) is 22.9 Å². The first-order valence-electron chi connectivity index (χ1n) is 11.2. The number of nitrogens with zero attached hydrogens (tertiary/aromatic N) is 5. The molecule has 0 radical (unpaired) electrons. The summed E-state index contributed by atoms with van der Waals surface area (Å²) in [6, 6.07) is 8.59. The van der Waals surface area contributed by atoms with Crippen LogP contribution < -0.4 is 15.1 Å². The van der Waals surface area contributed by atoms with Crippen LogP contribution in [0, 0.1) is 0 Å². The van der Waals surface area contributed by atoms with Crippen molar-refractivity contribution in [3.05, 3.63) is 36.5 Å². The number of rotatable bonds is 5. The zero-order valence-corrected chi connectivity index (χ0v) is 20.6. The Hall–Kier alpha value is -2.69. The van der Waals surface area contributed by atoms with E-state index in [1.54, 1.807) is 36.3 Å². The molecule has 0 saturated carbocycles. The highest BCUT2D eigenvalue weighted by Gasteiger charge is 2.35. The fraction of sp³-hybridized carbons (Fsp3) is 0.478. The first-order valence-corrected chi connectivity index (χ1v) is 12.7. The molecule has 2 aliphatic rings. The molecule has 10 heteroatoms. The lowest BCUT2D eigenvalue weighted by atomic mass is 10.1. The molecule has 1 amide bonds. The van der Waals surface area contributed by atoms with Crippen molar-refractivity contribution in [2.24, 2.45) is 0 Å². The van der Waals surface area contributed by atoms with Crippen molar-refractivity contribution >= 4 is 38.8 Å². The second-order valence-electron chi connectivity index (χ2n) is 8.99. The Balaban J connectivity index is 1.61. The van der Waals surface area contributed by atoms with Crippen molar-refractivity contribution in [3.63, 3.8) is 0 Å². The summed E-state index contributed by atoms with van der Waals surface area (Å²) in [6.45, 7) is 8.42. The fourth-order valence-electron chi connectivity index (χ4n) is 4.48. The topological polar surface area (TPSA) is 89.1 Å². The van der Waals surface area contributed by atoms with Crippen molar-refractivity contribution in [2.45, 2.75) is 37.8 Å². The number of nitrogens with one attached hydrogen (secondary N) is 1. The van der Waals surface area contributed by atoms with Crippen LogP contribution in [-0.2, 0) is 14.8 Å². The smallest absolute Gasteiger partial charge is 0.249 e. The molecule has 1 fully saturated rings. The van der Waals surface area contributed by atoms with Crippen molar-refractivity contribution in [1.82, 2.24) is 14.2 Å². The standard InChI is InChI=1S/C23H32N6O3S/c1-16(2)29-17(3)23(30)27(5)21-15-24-22(14-20(21)29)25-18-7-6-8-19(13-18)33(31,32)28-11-9-26(4)10-12-28/h6-8,13-17H,9-12H2,1-5H3,(H,24,25). The van der Waals surface area contributed by atoms with Gasteiger partial charge in [-0.05, 0) is 46.0 Å². The van der Waals surface area contributed by atoms with Gasteiger partial charge in [0, 0.05) is 51.0 Å². The van der Waals surface area contributed by atoms with Gasteiger partial charge in [-0.15, -0.1) is 0 Å². The second-order valence-corrected chi connectivity index (χ2v) is 10.9. The molecule has 4 rings (SSSR count). The van der Waals surface area contributed by atoms with Gasteiger partial charge in [0.25, 0.3) is 0 Å². The van der Waals surface area contributed by atoms with Crippen LogP contribution in [-0.4, -0.2) is 80.9 Å². The van der Waals surface area contributed by atoms with E-state index in [2.05, 4.69) is 33.9 Å². The van der Waals surface area contributed by atoms with E-state index < -0.39 is 10.0 Å². The van der Waals surface area contributed by atoms with Gasteiger partial charge in [-0.3, -0.25) is 4.79 Å². The Bertz CT molecular complexity index is 1140. The first-order chi connectivity index (χ1) is 15.6. The zero-order valence-electron chi connectivity index (χ0n) is 19.8. The number of anilines is 4. The lowest BCUT2D eigenvalue weighted by molar-refractivity contribution is -0.119. The molecular formula is C23H32N6O3S. The van der Waals surface area contributed by atoms with Crippen molar-refractivity contribution in [1.29, 1.82) is 0 Å². The normalized spacial score (nSPS) is 20.3. The number of amides is 1. The first kappa shape index (κ1) is 23.5. The summed E-state index contributed by atoms with van der Waals surface area (Å²) in [5.41, 5.74) is 2.31. The quantitative estimate of drug-likeness (QED) is 0.714. The molecule has 1 atom stereocenters. The Labute approximate surface area is 196 Å². The van der Waals surface area contributed by atoms with Gasteiger partial charge in [0.2, 0.25) is 15.9 Å². The molecule has 33 heavy (non-hydrogen) atoms. The molecule has 3 heterocycles. The molecule has 2 aromatic rings. The van der Waals surface area contributed by atoms with E-state index in [4.69, 9.17) is 0 Å². The van der Waals surface area contributed by atoms with E-state index in [-0.39, 0.29) is 22.9 Å². The number of likely N-dealkylation sites (N-methyl/N-ethyl adjacent to an activating group) is 2. The second kappa shape index (κ2) is 8.92. The molecule has 1 saturated heterocycles. The van der Waals surface area contributed by atoms with Crippen molar-refractivity contribution in [2.75, 3.05) is 55.4 Å². The minimum Gasteiger partial charge on any atom is -0.355 e. The lowest BCUT2D eigenvalue weighted by Gasteiger charge is -2.42. The van der Waals surface area contributed by atoms with Crippen LogP contribution >= 0.6 is 0 Å². The number of pyridine rings is 1. The highest BCUT2D eigenvalue weighted by molar-refractivity contribution is 7.89. The van der Waals surface area contributed by atoms with E-state index in [9.17, 15) is 13.2 Å². The van der Waals surface area contributed by atoms with Crippen molar-refractivity contribution in [3.8, 4) is 0 Å². The van der Waals surface area contributed by atoms with Gasteiger partial charge < -0.3 is 20.0 Å². The maximum atomic E-state index is 13.1. The summed E-state index contributed by atoms with van der Waals surface area (Å²) in [5, 5.41) is 3.24. The number of fused-ring (bicyclic) bond motifs is 1. The lowest BCUT2D eigenvalue weighted by Crippen LogP contribution is -2.53. The van der Waals surface area contributed by atoms with Crippen LogP contribution in [0.5, 0.6) is 0 Å². The van der Waals surface area contributed by atoms with E-state index >= 15 is 0 Å². The summed E-state index contributed by atoms with van der Waals surface area (Å²) in [5.74, 6) is 0.615. The predicted molar refractivity (Wildman–Crippen MR) is 131 cm³/mol. The third kappa shape index (κ3) is 4.42. The average Bonchev–Trinajstić information content (AvgIpc) is 2.78. The molecule has 0 bridgehead atoms. The SMILES string of the molecule is CC(C)N1c2cc(Nc3cccc(S(=O)(=O)N4CCN(C)CC4)c3)ncc2N(C)C(=O)C1C. The molecule has 178 valence electrons. The molecule has 1 aromatic carbocycles. The number of carbonyl (C=O) groups is 1. The van der Waals surface area contributed by atoms with Gasteiger partial charge in [0.1, 0.15) is 11.9 Å². The van der Waals surface area contributed by atoms with Crippen molar-refractivity contribution < 1.29 is 13.2 Å². The van der Waals surface area contributed by atoms with Gasteiger partial charge in [-0.25, -0.2) is 13.4 Å². The third-order valence-corrected chi connectivity index (χ3v) is 8.26. The molecule has 1 N–H and O–H groups in total. The third-order valence-electron chi connectivity index (χ3n) is 6.37. The molecule has 1 aromatic heterocycles. The van der Waals surface area contributed by atoms with E-state index in [1.807, 2.05) is 26.1 Å². The van der Waals surface area contributed by atoms with Crippen LogP contribution in [0.25, 0.3) is 0 Å². The molecule has 2 aliphatic heterocycles. The van der Waals surface area contributed by atoms with E-state index in [0.29, 0.717) is 24.6 Å². The summed E-state index contributed by atoms with van der Waals surface area (Å²) in [6.07, 6.45) is 1.68. The fourth-order valence-corrected chi connectivity index (χ4v) is 5.95. The average molecular weight is 473 g/mol. The molecule has 1 unspecified atom stereocenters. The highest BCUT2D eigenvalue weighted by atomic mass is 32.2. The number of hydrogen-bond donors (Lipinski definition) is 1. The summed E-state index contributed by atoms with van der Waals surface area (Å²) in [4.78, 5) is 23.2. The van der Waals surface area contributed by atoms with Crippen LogP contribution in [0.1, 0.15) is 20.8 Å². The summed E-state index contributed by atoms with van der Waals surface area (Å²) < 4.78 is 27.8. The maximum Gasteiger partial charge on any atom is 0.249 e. The number of sulfonamides is 1. The molecular weight excluding hydrogens is 440 g/mol. The number of carbonyl (C=O) groups excluding carboxylic acids is 1. The molecule has 9 nitrogen and oxygen atoms in total. The van der Waals surface area contributed by atoms with Crippen LogP contribution in [0.15, 0.2) is 41.4 Å². The zero-order chi connectivity index (χ0) is 23.9. The van der Waals surface area contributed by atoms with Gasteiger partial charge >= 0.3 is 0 Å². The van der Waals surface area contributed by atoms with Gasteiger partial charge in [0.05, 0.1) is 22.5 Å². The van der Waals surface area contributed by atoms with E-state index in [1.165, 1.54) is 4.31 Å². The number of benzene rings is 1. The predicted octanol–water partition coefficient (Wildman–Crippen LogP) is 2.34.